The van der Waals surface area contributed by atoms with Gasteiger partial charge in [-0.2, -0.15) is 0 Å². The number of rotatable bonds is 5. The molecular weight excluding hydrogens is 226 g/mol. The maximum atomic E-state index is 5.49. The number of methoxy groups -OCH3 is 2. The largest absolute Gasteiger partial charge is 0.493 e. The van der Waals surface area contributed by atoms with Gasteiger partial charge in [-0.3, -0.25) is 0 Å². The molecule has 0 saturated heterocycles. The minimum atomic E-state index is 0.536. The van der Waals surface area contributed by atoms with Gasteiger partial charge in [-0.05, 0) is 30.9 Å². The van der Waals surface area contributed by atoms with Crippen LogP contribution in [-0.4, -0.2) is 26.8 Å². The van der Waals surface area contributed by atoms with E-state index in [1.54, 1.807) is 14.2 Å². The highest BCUT2D eigenvalue weighted by molar-refractivity contribution is 5.52. The summed E-state index contributed by atoms with van der Waals surface area (Å²) in [5, 5.41) is 3.49. The van der Waals surface area contributed by atoms with Crippen LogP contribution in [0.4, 0.5) is 0 Å². The first-order valence-corrected chi connectivity index (χ1v) is 6.37. The van der Waals surface area contributed by atoms with Crippen molar-refractivity contribution in [3.63, 3.8) is 0 Å². The molecule has 3 heteroatoms. The highest BCUT2D eigenvalue weighted by Crippen LogP contribution is 2.37. The average Bonchev–Trinajstić information content (AvgIpc) is 2.43. The van der Waals surface area contributed by atoms with E-state index in [0.29, 0.717) is 6.04 Å². The van der Waals surface area contributed by atoms with Crippen LogP contribution in [0.1, 0.15) is 17.5 Å². The van der Waals surface area contributed by atoms with Gasteiger partial charge < -0.3 is 14.8 Å². The lowest BCUT2D eigenvalue weighted by molar-refractivity contribution is 0.347. The van der Waals surface area contributed by atoms with Crippen molar-refractivity contribution < 1.29 is 9.47 Å². The van der Waals surface area contributed by atoms with Crippen LogP contribution < -0.4 is 14.8 Å². The Hall–Kier alpha value is -1.48. The zero-order valence-electron chi connectivity index (χ0n) is 11.2. The topological polar surface area (TPSA) is 30.5 Å². The summed E-state index contributed by atoms with van der Waals surface area (Å²) in [5.74, 6) is 1.73. The molecule has 1 N–H and O–H groups in total. The van der Waals surface area contributed by atoms with Gasteiger partial charge in [0.2, 0.25) is 0 Å². The number of hydrogen-bond donors (Lipinski definition) is 1. The second kappa shape index (κ2) is 5.91. The molecule has 1 unspecified atom stereocenters. The van der Waals surface area contributed by atoms with Gasteiger partial charge in [0, 0.05) is 18.2 Å². The van der Waals surface area contributed by atoms with Crippen molar-refractivity contribution in [2.24, 2.45) is 0 Å². The maximum absolute atomic E-state index is 5.49. The van der Waals surface area contributed by atoms with E-state index in [2.05, 4.69) is 18.0 Å². The number of benzene rings is 1. The Morgan fingerprint density at radius 2 is 2.22 bits per heavy atom. The van der Waals surface area contributed by atoms with Gasteiger partial charge in [-0.25, -0.2) is 0 Å². The van der Waals surface area contributed by atoms with Crippen molar-refractivity contribution in [2.75, 3.05) is 20.8 Å². The van der Waals surface area contributed by atoms with Gasteiger partial charge in [-0.15, -0.1) is 6.58 Å². The van der Waals surface area contributed by atoms with E-state index >= 15 is 0 Å². The van der Waals surface area contributed by atoms with E-state index in [1.807, 2.05) is 12.1 Å². The Bertz CT molecular complexity index is 429. The monoisotopic (exact) mass is 247 g/mol. The first-order chi connectivity index (χ1) is 8.80. The summed E-state index contributed by atoms with van der Waals surface area (Å²) in [4.78, 5) is 0. The summed E-state index contributed by atoms with van der Waals surface area (Å²) in [6, 6.07) is 4.68. The van der Waals surface area contributed by atoms with Gasteiger partial charge in [-0.1, -0.05) is 12.1 Å². The van der Waals surface area contributed by atoms with E-state index in [0.717, 1.165) is 37.3 Å². The van der Waals surface area contributed by atoms with E-state index in [4.69, 9.17) is 9.47 Å². The predicted octanol–water partition coefficient (Wildman–Crippen LogP) is 2.34. The highest BCUT2D eigenvalue weighted by Gasteiger charge is 2.22. The molecule has 2 rings (SSSR count). The van der Waals surface area contributed by atoms with Crippen LogP contribution in [0.5, 0.6) is 11.5 Å². The summed E-state index contributed by atoms with van der Waals surface area (Å²) in [6.45, 7) is 4.61. The summed E-state index contributed by atoms with van der Waals surface area (Å²) in [6.07, 6.45) is 5.11. The van der Waals surface area contributed by atoms with E-state index < -0.39 is 0 Å². The van der Waals surface area contributed by atoms with Crippen LogP contribution in [0.15, 0.2) is 24.8 Å². The Morgan fingerprint density at radius 3 is 2.89 bits per heavy atom. The highest BCUT2D eigenvalue weighted by atomic mass is 16.5. The van der Waals surface area contributed by atoms with Crippen LogP contribution in [0.2, 0.25) is 0 Å². The zero-order valence-corrected chi connectivity index (χ0v) is 11.2. The van der Waals surface area contributed by atoms with Gasteiger partial charge >= 0.3 is 0 Å². The minimum absolute atomic E-state index is 0.536. The van der Waals surface area contributed by atoms with E-state index in [1.165, 1.54) is 11.1 Å². The lowest BCUT2D eigenvalue weighted by Crippen LogP contribution is -2.34. The third-order valence-corrected chi connectivity index (χ3v) is 3.51. The molecule has 1 aromatic carbocycles. The third-order valence-electron chi connectivity index (χ3n) is 3.51. The number of nitrogens with one attached hydrogen (secondary N) is 1. The van der Waals surface area contributed by atoms with Gasteiger partial charge in [0.25, 0.3) is 0 Å². The normalized spacial score (nSPS) is 18.0. The fraction of sp³-hybridized carbons (Fsp3) is 0.467. The summed E-state index contributed by atoms with van der Waals surface area (Å²) in [7, 11) is 3.39. The van der Waals surface area contributed by atoms with Gasteiger partial charge in [0.15, 0.2) is 11.5 Å². The molecule has 1 aromatic rings. The summed E-state index contributed by atoms with van der Waals surface area (Å²) >= 11 is 0. The Balaban J connectivity index is 2.21. The molecule has 0 aromatic heterocycles. The van der Waals surface area contributed by atoms with Crippen LogP contribution in [0.3, 0.4) is 0 Å². The smallest absolute Gasteiger partial charge is 0.164 e. The molecular formula is C15H21NO2. The first-order valence-electron chi connectivity index (χ1n) is 6.37. The fourth-order valence-corrected chi connectivity index (χ4v) is 2.61. The van der Waals surface area contributed by atoms with Crippen molar-refractivity contribution in [3.05, 3.63) is 35.9 Å². The van der Waals surface area contributed by atoms with E-state index in [-0.39, 0.29) is 0 Å². The number of hydrogen-bond acceptors (Lipinski definition) is 3. The maximum Gasteiger partial charge on any atom is 0.164 e. The molecule has 0 spiro atoms. The van der Waals surface area contributed by atoms with Crippen LogP contribution in [0, 0.1) is 0 Å². The van der Waals surface area contributed by atoms with Crippen molar-refractivity contribution in [3.8, 4) is 11.5 Å². The second-order valence-electron chi connectivity index (χ2n) is 4.58. The molecule has 0 fully saturated rings. The van der Waals surface area contributed by atoms with Crippen molar-refractivity contribution in [1.29, 1.82) is 0 Å². The number of ether oxygens (including phenoxy) is 2. The Morgan fingerprint density at radius 1 is 1.39 bits per heavy atom. The quantitative estimate of drug-likeness (QED) is 0.810. The van der Waals surface area contributed by atoms with Crippen molar-refractivity contribution in [2.45, 2.75) is 25.3 Å². The lowest BCUT2D eigenvalue weighted by Gasteiger charge is -2.27. The Kier molecular flexibility index (Phi) is 4.26. The van der Waals surface area contributed by atoms with Gasteiger partial charge in [0.1, 0.15) is 0 Å². The molecule has 1 aliphatic carbocycles. The third kappa shape index (κ3) is 2.51. The molecule has 1 aliphatic rings. The van der Waals surface area contributed by atoms with Crippen LogP contribution in [-0.2, 0) is 12.8 Å². The van der Waals surface area contributed by atoms with Crippen LogP contribution in [0.25, 0.3) is 0 Å². The second-order valence-corrected chi connectivity index (χ2v) is 4.58. The van der Waals surface area contributed by atoms with Crippen molar-refractivity contribution >= 4 is 0 Å². The molecule has 18 heavy (non-hydrogen) atoms. The first kappa shape index (κ1) is 13.0. The van der Waals surface area contributed by atoms with Gasteiger partial charge in [0.05, 0.1) is 14.2 Å². The lowest BCUT2D eigenvalue weighted by atomic mass is 9.87. The minimum Gasteiger partial charge on any atom is -0.493 e. The van der Waals surface area contributed by atoms with E-state index in [9.17, 15) is 0 Å². The SMILES string of the molecule is C=CCNC1CCc2c(ccc(OC)c2OC)C1. The molecule has 0 bridgehead atoms. The molecule has 0 aliphatic heterocycles. The average molecular weight is 247 g/mol. The molecule has 1 atom stereocenters. The zero-order chi connectivity index (χ0) is 13.0. The molecule has 0 saturated carbocycles. The fourth-order valence-electron chi connectivity index (χ4n) is 2.61. The Labute approximate surface area is 109 Å². The molecule has 98 valence electrons. The van der Waals surface area contributed by atoms with Crippen molar-refractivity contribution in [1.82, 2.24) is 5.32 Å². The van der Waals surface area contributed by atoms with Crippen LogP contribution >= 0.6 is 0 Å². The molecule has 0 amide bonds. The predicted molar refractivity (Wildman–Crippen MR) is 73.6 cm³/mol. The summed E-state index contributed by atoms with van der Waals surface area (Å²) in [5.41, 5.74) is 2.66. The summed E-state index contributed by atoms with van der Waals surface area (Å²) < 4.78 is 10.8. The number of fused-ring (bicyclic) bond motifs is 1. The molecule has 3 nitrogen and oxygen atoms in total. The molecule has 0 heterocycles. The standard InChI is InChI=1S/C15H21NO2/c1-4-9-16-12-6-7-13-11(10-12)5-8-14(17-2)15(13)18-3/h4-5,8,12,16H,1,6-7,9-10H2,2-3H3. The molecule has 0 radical (unpaired) electrons.